The van der Waals surface area contributed by atoms with Crippen LogP contribution in [0.1, 0.15) is 36.1 Å². The van der Waals surface area contributed by atoms with Crippen LogP contribution in [-0.4, -0.2) is 4.98 Å². The molecule has 0 spiro atoms. The fourth-order valence-corrected chi connectivity index (χ4v) is 2.40. The van der Waals surface area contributed by atoms with Crippen molar-refractivity contribution >= 4 is 12.2 Å². The fraction of sp³-hybridized carbons (Fsp3) is 0.190. The molecular formula is C21H21NO2. The summed E-state index contributed by atoms with van der Waals surface area (Å²) in [6, 6.07) is 18.3. The first-order valence-corrected chi connectivity index (χ1v) is 8.23. The van der Waals surface area contributed by atoms with Gasteiger partial charge in [0, 0.05) is 6.08 Å². The average molecular weight is 319 g/mol. The third-order valence-electron chi connectivity index (χ3n) is 3.64. The van der Waals surface area contributed by atoms with Crippen molar-refractivity contribution in [3.63, 3.8) is 0 Å². The summed E-state index contributed by atoms with van der Waals surface area (Å²) < 4.78 is 11.2. The summed E-state index contributed by atoms with van der Waals surface area (Å²) in [5.74, 6) is 1.43. The van der Waals surface area contributed by atoms with Crippen molar-refractivity contribution in [3.8, 4) is 5.75 Å². The second-order valence-electron chi connectivity index (χ2n) is 5.60. The number of nitrogens with zero attached hydrogens (tertiary/aromatic N) is 1. The molecule has 0 fully saturated rings. The number of ether oxygens (including phenoxy) is 1. The lowest BCUT2D eigenvalue weighted by atomic mass is 10.1. The molecule has 0 N–H and O–H groups in total. The van der Waals surface area contributed by atoms with Crippen LogP contribution in [0.25, 0.3) is 12.2 Å². The molecule has 0 bridgehead atoms. The molecular weight excluding hydrogens is 298 g/mol. The zero-order valence-electron chi connectivity index (χ0n) is 13.8. The maximum absolute atomic E-state index is 5.75. The number of aryl methyl sites for hydroxylation is 1. The lowest BCUT2D eigenvalue weighted by Gasteiger charge is -2.05. The van der Waals surface area contributed by atoms with Crippen molar-refractivity contribution in [1.29, 1.82) is 0 Å². The van der Waals surface area contributed by atoms with Crippen LogP contribution < -0.4 is 4.74 Å². The molecule has 2 aromatic carbocycles. The van der Waals surface area contributed by atoms with Crippen LogP contribution in [0.5, 0.6) is 5.75 Å². The van der Waals surface area contributed by atoms with Crippen LogP contribution in [0.3, 0.4) is 0 Å². The molecule has 122 valence electrons. The van der Waals surface area contributed by atoms with Gasteiger partial charge in [-0.25, -0.2) is 4.98 Å². The first kappa shape index (κ1) is 16.1. The molecule has 3 nitrogen and oxygen atoms in total. The first-order chi connectivity index (χ1) is 11.8. The summed E-state index contributed by atoms with van der Waals surface area (Å²) in [6.45, 7) is 2.58. The Hall–Kier alpha value is -2.81. The Morgan fingerprint density at radius 2 is 1.79 bits per heavy atom. The predicted molar refractivity (Wildman–Crippen MR) is 96.6 cm³/mol. The Labute approximate surface area is 142 Å². The molecule has 0 atom stereocenters. The minimum atomic E-state index is 0.399. The van der Waals surface area contributed by atoms with E-state index in [0.717, 1.165) is 29.8 Å². The quantitative estimate of drug-likeness (QED) is 0.586. The van der Waals surface area contributed by atoms with Gasteiger partial charge in [-0.2, -0.15) is 0 Å². The lowest BCUT2D eigenvalue weighted by Crippen LogP contribution is -1.96. The first-order valence-electron chi connectivity index (χ1n) is 8.23. The van der Waals surface area contributed by atoms with Crippen LogP contribution >= 0.6 is 0 Å². The van der Waals surface area contributed by atoms with Gasteiger partial charge in [0.05, 0.1) is 0 Å². The largest absolute Gasteiger partial charge is 0.487 e. The predicted octanol–water partition coefficient (Wildman–Crippen LogP) is 5.38. The zero-order chi connectivity index (χ0) is 16.6. The van der Waals surface area contributed by atoms with Crippen molar-refractivity contribution in [2.75, 3.05) is 0 Å². The molecule has 0 radical (unpaired) electrons. The van der Waals surface area contributed by atoms with E-state index in [9.17, 15) is 0 Å². The Balaban J connectivity index is 1.55. The van der Waals surface area contributed by atoms with Crippen molar-refractivity contribution in [2.24, 2.45) is 0 Å². The molecule has 0 unspecified atom stereocenters. The number of benzene rings is 2. The van der Waals surface area contributed by atoms with Gasteiger partial charge in [-0.05, 0) is 35.8 Å². The molecule has 0 aliphatic rings. The summed E-state index contributed by atoms with van der Waals surface area (Å²) in [5, 5.41) is 0. The molecule has 0 saturated carbocycles. The minimum Gasteiger partial charge on any atom is -0.487 e. The molecule has 0 aliphatic heterocycles. The molecule has 0 aliphatic carbocycles. The smallest absolute Gasteiger partial charge is 0.218 e. The standard InChI is InChI=1S/C21H21NO2/c1-2-6-17-9-12-20(13-10-17)23-15-19-16-24-21(22-19)14-11-18-7-4-3-5-8-18/h3-5,7-14,16H,2,6,15H2,1H3/b14-11+. The molecule has 0 amide bonds. The highest BCUT2D eigenvalue weighted by atomic mass is 16.5. The summed E-state index contributed by atoms with van der Waals surface area (Å²) in [4.78, 5) is 4.41. The van der Waals surface area contributed by atoms with Crippen molar-refractivity contribution < 1.29 is 9.15 Å². The topological polar surface area (TPSA) is 35.3 Å². The second kappa shape index (κ2) is 8.16. The molecule has 3 aromatic rings. The third-order valence-corrected chi connectivity index (χ3v) is 3.64. The molecule has 3 rings (SSSR count). The van der Waals surface area contributed by atoms with E-state index in [0.29, 0.717) is 12.5 Å². The Kier molecular flexibility index (Phi) is 5.46. The number of aromatic nitrogens is 1. The summed E-state index contributed by atoms with van der Waals surface area (Å²) >= 11 is 0. The molecule has 24 heavy (non-hydrogen) atoms. The third kappa shape index (κ3) is 4.59. The van der Waals surface area contributed by atoms with Crippen molar-refractivity contribution in [2.45, 2.75) is 26.4 Å². The van der Waals surface area contributed by atoms with E-state index in [4.69, 9.17) is 9.15 Å². The summed E-state index contributed by atoms with van der Waals surface area (Å²) in [6.07, 6.45) is 7.72. The summed E-state index contributed by atoms with van der Waals surface area (Å²) in [5.41, 5.74) is 3.22. The van der Waals surface area contributed by atoms with Gasteiger partial charge in [0.15, 0.2) is 0 Å². The van der Waals surface area contributed by atoms with Gasteiger partial charge < -0.3 is 9.15 Å². The Bertz CT molecular complexity index is 773. The van der Waals surface area contributed by atoms with Crippen LogP contribution in [0, 0.1) is 0 Å². The van der Waals surface area contributed by atoms with Crippen LogP contribution in [0.15, 0.2) is 65.3 Å². The SMILES string of the molecule is CCCc1ccc(OCc2coc(/C=C/c3ccccc3)n2)cc1. The van der Waals surface area contributed by atoms with Gasteiger partial charge in [-0.1, -0.05) is 55.8 Å². The van der Waals surface area contributed by atoms with E-state index in [1.54, 1.807) is 6.26 Å². The van der Waals surface area contributed by atoms with E-state index in [2.05, 4.69) is 24.0 Å². The lowest BCUT2D eigenvalue weighted by molar-refractivity contribution is 0.301. The molecule has 1 aromatic heterocycles. The number of hydrogen-bond acceptors (Lipinski definition) is 3. The van der Waals surface area contributed by atoms with Crippen LogP contribution in [0.4, 0.5) is 0 Å². The maximum Gasteiger partial charge on any atom is 0.218 e. The minimum absolute atomic E-state index is 0.399. The monoisotopic (exact) mass is 319 g/mol. The molecule has 1 heterocycles. The summed E-state index contributed by atoms with van der Waals surface area (Å²) in [7, 11) is 0. The van der Waals surface area contributed by atoms with Gasteiger partial charge in [0.25, 0.3) is 0 Å². The van der Waals surface area contributed by atoms with Crippen LogP contribution in [0.2, 0.25) is 0 Å². The van der Waals surface area contributed by atoms with E-state index in [1.807, 2.05) is 54.6 Å². The average Bonchev–Trinajstić information content (AvgIpc) is 3.09. The van der Waals surface area contributed by atoms with E-state index in [-0.39, 0.29) is 0 Å². The Morgan fingerprint density at radius 3 is 2.54 bits per heavy atom. The van der Waals surface area contributed by atoms with Gasteiger partial charge in [-0.3, -0.25) is 0 Å². The molecule has 3 heteroatoms. The van der Waals surface area contributed by atoms with Crippen molar-refractivity contribution in [1.82, 2.24) is 4.98 Å². The van der Waals surface area contributed by atoms with E-state index < -0.39 is 0 Å². The fourth-order valence-electron chi connectivity index (χ4n) is 2.40. The van der Waals surface area contributed by atoms with Crippen LogP contribution in [-0.2, 0) is 13.0 Å². The highest BCUT2D eigenvalue weighted by molar-refractivity contribution is 5.65. The Morgan fingerprint density at radius 1 is 1.00 bits per heavy atom. The van der Waals surface area contributed by atoms with E-state index in [1.165, 1.54) is 5.56 Å². The van der Waals surface area contributed by atoms with Gasteiger partial charge in [0.2, 0.25) is 5.89 Å². The van der Waals surface area contributed by atoms with Crippen molar-refractivity contribution in [3.05, 3.63) is 83.6 Å². The van der Waals surface area contributed by atoms with E-state index >= 15 is 0 Å². The van der Waals surface area contributed by atoms with Gasteiger partial charge >= 0.3 is 0 Å². The highest BCUT2D eigenvalue weighted by Crippen LogP contribution is 2.15. The zero-order valence-corrected chi connectivity index (χ0v) is 13.8. The second-order valence-corrected chi connectivity index (χ2v) is 5.60. The number of rotatable bonds is 7. The van der Waals surface area contributed by atoms with Gasteiger partial charge in [0.1, 0.15) is 24.3 Å². The normalized spacial score (nSPS) is 11.0. The molecule has 0 saturated heterocycles. The van der Waals surface area contributed by atoms with Gasteiger partial charge in [-0.15, -0.1) is 0 Å². The number of oxazole rings is 1. The number of hydrogen-bond donors (Lipinski definition) is 0. The maximum atomic E-state index is 5.75. The highest BCUT2D eigenvalue weighted by Gasteiger charge is 2.03.